The third kappa shape index (κ3) is 4.15. The van der Waals surface area contributed by atoms with Crippen LogP contribution >= 0.6 is 0 Å². The van der Waals surface area contributed by atoms with E-state index in [0.717, 1.165) is 0 Å². The maximum Gasteiger partial charge on any atom is 0.260 e. The molecule has 1 saturated heterocycles. The standard InChI is InChI=1S/C14H23N3O3S/c1-4-15-12-6-5-8-16-13(12)21(18,19)17-11-7-9-20-14(2,3)10-11/h5-6,8,11,15,17H,4,7,9-10H2,1-3H3. The molecular weight excluding hydrogens is 290 g/mol. The van der Waals surface area contributed by atoms with Crippen LogP contribution in [-0.2, 0) is 14.8 Å². The molecule has 1 aromatic rings. The fraction of sp³-hybridized carbons (Fsp3) is 0.643. The zero-order valence-electron chi connectivity index (χ0n) is 12.7. The zero-order chi connectivity index (χ0) is 15.5. The molecule has 7 heteroatoms. The van der Waals surface area contributed by atoms with Crippen LogP contribution in [0.5, 0.6) is 0 Å². The summed E-state index contributed by atoms with van der Waals surface area (Å²) in [5.74, 6) is 0. The Morgan fingerprint density at radius 2 is 2.24 bits per heavy atom. The minimum Gasteiger partial charge on any atom is -0.383 e. The number of nitrogens with zero attached hydrogens (tertiary/aromatic N) is 1. The summed E-state index contributed by atoms with van der Waals surface area (Å²) in [6, 6.07) is 3.31. The van der Waals surface area contributed by atoms with Gasteiger partial charge < -0.3 is 10.1 Å². The molecule has 1 aromatic heterocycles. The minimum absolute atomic E-state index is 0.0520. The monoisotopic (exact) mass is 313 g/mol. The Labute approximate surface area is 126 Å². The number of hydrogen-bond donors (Lipinski definition) is 2. The lowest BCUT2D eigenvalue weighted by Crippen LogP contribution is -2.45. The molecule has 0 bridgehead atoms. The average Bonchev–Trinajstić information content (AvgIpc) is 2.38. The smallest absolute Gasteiger partial charge is 0.260 e. The Balaban J connectivity index is 2.19. The van der Waals surface area contributed by atoms with Gasteiger partial charge in [-0.15, -0.1) is 0 Å². The Morgan fingerprint density at radius 1 is 1.48 bits per heavy atom. The lowest BCUT2D eigenvalue weighted by Gasteiger charge is -2.35. The first-order valence-electron chi connectivity index (χ1n) is 7.19. The van der Waals surface area contributed by atoms with E-state index in [1.165, 1.54) is 6.20 Å². The first-order chi connectivity index (χ1) is 9.84. The van der Waals surface area contributed by atoms with Gasteiger partial charge in [-0.25, -0.2) is 18.1 Å². The summed E-state index contributed by atoms with van der Waals surface area (Å²) < 4.78 is 33.5. The number of hydrogen-bond acceptors (Lipinski definition) is 5. The van der Waals surface area contributed by atoms with Crippen molar-refractivity contribution in [3.63, 3.8) is 0 Å². The highest BCUT2D eigenvalue weighted by Crippen LogP contribution is 2.26. The van der Waals surface area contributed by atoms with Crippen molar-refractivity contribution in [1.29, 1.82) is 0 Å². The van der Waals surface area contributed by atoms with Gasteiger partial charge in [-0.3, -0.25) is 0 Å². The summed E-state index contributed by atoms with van der Waals surface area (Å²) in [6.07, 6.45) is 2.81. The minimum atomic E-state index is -3.64. The van der Waals surface area contributed by atoms with E-state index in [0.29, 0.717) is 31.7 Å². The SMILES string of the molecule is CCNc1cccnc1S(=O)(=O)NC1CCOC(C)(C)C1. The van der Waals surface area contributed by atoms with Gasteiger partial charge in [-0.05, 0) is 45.7 Å². The van der Waals surface area contributed by atoms with Gasteiger partial charge in [0.25, 0.3) is 10.0 Å². The molecule has 1 unspecified atom stereocenters. The fourth-order valence-corrected chi connectivity index (χ4v) is 3.92. The normalized spacial score (nSPS) is 22.0. The summed E-state index contributed by atoms with van der Waals surface area (Å²) >= 11 is 0. The third-order valence-corrected chi connectivity index (χ3v) is 4.89. The highest BCUT2D eigenvalue weighted by atomic mass is 32.2. The molecule has 0 amide bonds. The highest BCUT2D eigenvalue weighted by Gasteiger charge is 2.32. The van der Waals surface area contributed by atoms with E-state index < -0.39 is 10.0 Å². The van der Waals surface area contributed by atoms with Gasteiger partial charge in [0.2, 0.25) is 0 Å². The van der Waals surface area contributed by atoms with Crippen molar-refractivity contribution in [3.8, 4) is 0 Å². The molecule has 0 saturated carbocycles. The van der Waals surface area contributed by atoms with Gasteiger partial charge >= 0.3 is 0 Å². The van der Waals surface area contributed by atoms with Crippen molar-refractivity contribution < 1.29 is 13.2 Å². The van der Waals surface area contributed by atoms with Gasteiger partial charge in [-0.1, -0.05) is 0 Å². The molecule has 1 fully saturated rings. The Morgan fingerprint density at radius 3 is 2.90 bits per heavy atom. The van der Waals surface area contributed by atoms with E-state index in [2.05, 4.69) is 15.0 Å². The van der Waals surface area contributed by atoms with Crippen LogP contribution in [0.4, 0.5) is 5.69 Å². The van der Waals surface area contributed by atoms with Gasteiger partial charge in [-0.2, -0.15) is 0 Å². The third-order valence-electron chi connectivity index (χ3n) is 3.41. The van der Waals surface area contributed by atoms with Gasteiger partial charge in [0.15, 0.2) is 5.03 Å². The molecule has 1 aliphatic heterocycles. The molecule has 2 rings (SSSR count). The van der Waals surface area contributed by atoms with Crippen LogP contribution in [-0.4, -0.2) is 38.2 Å². The molecule has 118 valence electrons. The molecule has 0 spiro atoms. The molecule has 1 atom stereocenters. The van der Waals surface area contributed by atoms with Crippen molar-refractivity contribution in [2.45, 2.75) is 50.3 Å². The molecule has 21 heavy (non-hydrogen) atoms. The van der Waals surface area contributed by atoms with Crippen LogP contribution in [0.25, 0.3) is 0 Å². The van der Waals surface area contributed by atoms with E-state index in [1.54, 1.807) is 12.1 Å². The molecule has 0 aliphatic carbocycles. The summed E-state index contributed by atoms with van der Waals surface area (Å²) in [5, 5.41) is 3.08. The maximum absolute atomic E-state index is 12.6. The summed E-state index contributed by atoms with van der Waals surface area (Å²) in [6.45, 7) is 7.05. The van der Waals surface area contributed by atoms with Gasteiger partial charge in [0.05, 0.1) is 11.3 Å². The highest BCUT2D eigenvalue weighted by molar-refractivity contribution is 7.89. The number of rotatable bonds is 5. The molecule has 0 aromatic carbocycles. The van der Waals surface area contributed by atoms with Crippen molar-refractivity contribution in [2.75, 3.05) is 18.5 Å². The molecule has 1 aliphatic rings. The van der Waals surface area contributed by atoms with Gasteiger partial charge in [0.1, 0.15) is 0 Å². The van der Waals surface area contributed by atoms with Crippen LogP contribution in [0.2, 0.25) is 0 Å². The van der Waals surface area contributed by atoms with E-state index in [1.807, 2.05) is 20.8 Å². The van der Waals surface area contributed by atoms with E-state index in [-0.39, 0.29) is 16.7 Å². The van der Waals surface area contributed by atoms with E-state index >= 15 is 0 Å². The summed E-state index contributed by atoms with van der Waals surface area (Å²) in [7, 11) is -3.64. The lowest BCUT2D eigenvalue weighted by atomic mass is 9.95. The van der Waals surface area contributed by atoms with Crippen LogP contribution in [0.15, 0.2) is 23.4 Å². The number of aromatic nitrogens is 1. The molecule has 6 nitrogen and oxygen atoms in total. The Bertz CT molecular complexity index is 587. The van der Waals surface area contributed by atoms with Crippen LogP contribution in [0.3, 0.4) is 0 Å². The second-order valence-corrected chi connectivity index (χ2v) is 7.43. The van der Waals surface area contributed by atoms with Crippen molar-refractivity contribution in [1.82, 2.24) is 9.71 Å². The van der Waals surface area contributed by atoms with Crippen LogP contribution in [0.1, 0.15) is 33.6 Å². The van der Waals surface area contributed by atoms with E-state index in [9.17, 15) is 8.42 Å². The molecule has 0 radical (unpaired) electrons. The van der Waals surface area contributed by atoms with Crippen LogP contribution < -0.4 is 10.0 Å². The first kappa shape index (κ1) is 16.2. The number of nitrogens with one attached hydrogen (secondary N) is 2. The number of anilines is 1. The summed E-state index contributed by atoms with van der Waals surface area (Å²) in [4.78, 5) is 4.03. The summed E-state index contributed by atoms with van der Waals surface area (Å²) in [5.41, 5.74) is 0.221. The molecule has 2 N–H and O–H groups in total. The zero-order valence-corrected chi connectivity index (χ0v) is 13.5. The second-order valence-electron chi connectivity index (χ2n) is 5.81. The Hall–Kier alpha value is -1.18. The largest absolute Gasteiger partial charge is 0.383 e. The van der Waals surface area contributed by atoms with Crippen molar-refractivity contribution in [2.24, 2.45) is 0 Å². The first-order valence-corrected chi connectivity index (χ1v) is 8.67. The number of ether oxygens (including phenoxy) is 1. The topological polar surface area (TPSA) is 80.3 Å². The second kappa shape index (κ2) is 6.29. The van der Waals surface area contributed by atoms with Crippen molar-refractivity contribution >= 4 is 15.7 Å². The number of sulfonamides is 1. The average molecular weight is 313 g/mol. The fourth-order valence-electron chi connectivity index (χ4n) is 2.54. The molecule has 2 heterocycles. The molecular formula is C14H23N3O3S. The lowest BCUT2D eigenvalue weighted by molar-refractivity contribution is -0.0599. The van der Waals surface area contributed by atoms with Crippen LogP contribution in [0, 0.1) is 0 Å². The quantitative estimate of drug-likeness (QED) is 0.865. The van der Waals surface area contributed by atoms with Crippen molar-refractivity contribution in [3.05, 3.63) is 18.3 Å². The predicted molar refractivity (Wildman–Crippen MR) is 81.8 cm³/mol. The van der Waals surface area contributed by atoms with E-state index in [4.69, 9.17) is 4.74 Å². The number of pyridine rings is 1. The predicted octanol–water partition coefficient (Wildman–Crippen LogP) is 1.75. The maximum atomic E-state index is 12.6. The van der Waals surface area contributed by atoms with Gasteiger partial charge in [0, 0.05) is 25.4 Å². The Kier molecular flexibility index (Phi) is 4.85.